The quantitative estimate of drug-likeness (QED) is 0.738. The number of aromatic amines is 1. The Balaban J connectivity index is 1.90. The Kier molecular flexibility index (Phi) is 5.19. The van der Waals surface area contributed by atoms with Gasteiger partial charge in [-0.1, -0.05) is 20.8 Å². The van der Waals surface area contributed by atoms with E-state index in [2.05, 4.69) is 27.3 Å². The molecule has 1 unspecified atom stereocenters. The first-order chi connectivity index (χ1) is 10.0. The molecule has 1 aromatic rings. The summed E-state index contributed by atoms with van der Waals surface area (Å²) in [6, 6.07) is 0. The number of nitrogens with one attached hydrogen (secondary N) is 2. The molecule has 21 heavy (non-hydrogen) atoms. The molecule has 1 aliphatic heterocycles. The number of amides is 1. The molecular formula is C14H25N5O2. The van der Waals surface area contributed by atoms with Crippen molar-refractivity contribution in [3.63, 3.8) is 0 Å². The minimum atomic E-state index is -0.257. The van der Waals surface area contributed by atoms with Crippen LogP contribution in [0.15, 0.2) is 0 Å². The highest BCUT2D eigenvalue weighted by molar-refractivity contribution is 5.97. The lowest BCUT2D eigenvalue weighted by molar-refractivity contribution is -0.0246. The Labute approximate surface area is 125 Å². The largest absolute Gasteiger partial charge is 0.395 e. The summed E-state index contributed by atoms with van der Waals surface area (Å²) in [7, 11) is 0. The van der Waals surface area contributed by atoms with Gasteiger partial charge in [-0.15, -0.1) is 0 Å². The fourth-order valence-corrected chi connectivity index (χ4v) is 2.46. The third kappa shape index (κ3) is 3.74. The molecule has 0 spiro atoms. The van der Waals surface area contributed by atoms with Crippen LogP contribution in [-0.4, -0.2) is 59.9 Å². The number of nitrogens with two attached hydrogens (primary N) is 1. The van der Waals surface area contributed by atoms with Crippen LogP contribution in [-0.2, 0) is 4.74 Å². The Bertz CT molecular complexity index is 486. The number of aromatic nitrogens is 2. The van der Waals surface area contributed by atoms with Crippen LogP contribution in [0.25, 0.3) is 0 Å². The van der Waals surface area contributed by atoms with E-state index in [9.17, 15) is 4.79 Å². The lowest BCUT2D eigenvalue weighted by Crippen LogP contribution is -2.47. The number of likely N-dealkylation sites (N-methyl/N-ethyl adjacent to an activating group) is 1. The highest BCUT2D eigenvalue weighted by atomic mass is 16.5. The molecule has 4 N–H and O–H groups in total. The first-order valence-electron chi connectivity index (χ1n) is 7.48. The topological polar surface area (TPSA) is 96.3 Å². The van der Waals surface area contributed by atoms with Crippen molar-refractivity contribution >= 4 is 11.6 Å². The SMILES string of the molecule is CCN1CCOC(CNC(=O)c2n[nH]c(C(C)C)c2N)C1. The van der Waals surface area contributed by atoms with Crippen molar-refractivity contribution < 1.29 is 9.53 Å². The molecule has 0 bridgehead atoms. The molecule has 0 aliphatic carbocycles. The van der Waals surface area contributed by atoms with Gasteiger partial charge in [0.2, 0.25) is 0 Å². The molecule has 118 valence electrons. The van der Waals surface area contributed by atoms with E-state index in [1.807, 2.05) is 13.8 Å². The molecule has 7 heteroatoms. The van der Waals surface area contributed by atoms with Gasteiger partial charge >= 0.3 is 0 Å². The van der Waals surface area contributed by atoms with E-state index in [-0.39, 0.29) is 23.6 Å². The molecule has 0 saturated carbocycles. The summed E-state index contributed by atoms with van der Waals surface area (Å²) in [6.45, 7) is 10.1. The Hall–Kier alpha value is -1.60. The van der Waals surface area contributed by atoms with Crippen LogP contribution in [0.2, 0.25) is 0 Å². The van der Waals surface area contributed by atoms with Crippen molar-refractivity contribution in [3.8, 4) is 0 Å². The molecule has 0 radical (unpaired) electrons. The van der Waals surface area contributed by atoms with E-state index in [0.29, 0.717) is 18.8 Å². The number of nitrogen functional groups attached to an aromatic ring is 1. The fraction of sp³-hybridized carbons (Fsp3) is 0.714. The van der Waals surface area contributed by atoms with Gasteiger partial charge in [-0.2, -0.15) is 5.10 Å². The Morgan fingerprint density at radius 1 is 1.62 bits per heavy atom. The molecule has 1 amide bonds. The number of ether oxygens (including phenoxy) is 1. The maximum absolute atomic E-state index is 12.2. The zero-order valence-corrected chi connectivity index (χ0v) is 13.0. The van der Waals surface area contributed by atoms with E-state index in [4.69, 9.17) is 10.5 Å². The first kappa shape index (κ1) is 15.8. The minimum Gasteiger partial charge on any atom is -0.395 e. The third-order valence-corrected chi connectivity index (χ3v) is 3.79. The number of rotatable bonds is 5. The minimum absolute atomic E-state index is 0.0207. The number of nitrogens with zero attached hydrogens (tertiary/aromatic N) is 2. The molecule has 1 aromatic heterocycles. The summed E-state index contributed by atoms with van der Waals surface area (Å²) < 4.78 is 5.65. The molecule has 2 heterocycles. The standard InChI is InChI=1S/C14H25N5O2/c1-4-19-5-6-21-10(8-19)7-16-14(20)13-11(15)12(9(2)3)17-18-13/h9-10H,4-8,15H2,1-3H3,(H,16,20)(H,17,18). The number of hydrogen-bond donors (Lipinski definition) is 3. The van der Waals surface area contributed by atoms with Gasteiger partial charge in [0.15, 0.2) is 5.69 Å². The van der Waals surface area contributed by atoms with Crippen molar-refractivity contribution in [1.29, 1.82) is 0 Å². The second-order valence-corrected chi connectivity index (χ2v) is 5.65. The van der Waals surface area contributed by atoms with Gasteiger partial charge in [-0.05, 0) is 12.5 Å². The van der Waals surface area contributed by atoms with E-state index in [0.717, 1.165) is 25.3 Å². The Morgan fingerprint density at radius 2 is 2.38 bits per heavy atom. The van der Waals surface area contributed by atoms with Gasteiger partial charge in [-0.25, -0.2) is 0 Å². The monoisotopic (exact) mass is 295 g/mol. The molecule has 2 rings (SSSR count). The molecule has 1 atom stereocenters. The Morgan fingerprint density at radius 3 is 3.00 bits per heavy atom. The summed E-state index contributed by atoms with van der Waals surface area (Å²) in [4.78, 5) is 14.5. The van der Waals surface area contributed by atoms with E-state index in [1.54, 1.807) is 0 Å². The smallest absolute Gasteiger partial charge is 0.274 e. The van der Waals surface area contributed by atoms with E-state index >= 15 is 0 Å². The summed E-state index contributed by atoms with van der Waals surface area (Å²) in [5.41, 5.74) is 7.46. The van der Waals surface area contributed by atoms with Gasteiger partial charge in [0.25, 0.3) is 5.91 Å². The predicted molar refractivity (Wildman–Crippen MR) is 81.3 cm³/mol. The number of carbonyl (C=O) groups is 1. The van der Waals surface area contributed by atoms with Crippen molar-refractivity contribution in [2.45, 2.75) is 32.8 Å². The summed E-state index contributed by atoms with van der Waals surface area (Å²) >= 11 is 0. The van der Waals surface area contributed by atoms with E-state index in [1.165, 1.54) is 0 Å². The average molecular weight is 295 g/mol. The summed E-state index contributed by atoms with van der Waals surface area (Å²) in [5, 5.41) is 9.71. The molecular weight excluding hydrogens is 270 g/mol. The van der Waals surface area contributed by atoms with Gasteiger partial charge in [0.05, 0.1) is 24.1 Å². The van der Waals surface area contributed by atoms with Gasteiger partial charge in [0, 0.05) is 19.6 Å². The van der Waals surface area contributed by atoms with Crippen molar-refractivity contribution in [1.82, 2.24) is 20.4 Å². The molecule has 1 aliphatic rings. The molecule has 7 nitrogen and oxygen atoms in total. The number of H-pyrrole nitrogens is 1. The van der Waals surface area contributed by atoms with Crippen LogP contribution in [0.4, 0.5) is 5.69 Å². The normalized spacial score (nSPS) is 19.9. The molecule has 0 aromatic carbocycles. The molecule has 1 fully saturated rings. The number of morpholine rings is 1. The highest BCUT2D eigenvalue weighted by Crippen LogP contribution is 2.21. The third-order valence-electron chi connectivity index (χ3n) is 3.79. The lowest BCUT2D eigenvalue weighted by Gasteiger charge is -2.32. The summed E-state index contributed by atoms with van der Waals surface area (Å²) in [5.74, 6) is -0.0493. The van der Waals surface area contributed by atoms with Gasteiger partial charge in [0.1, 0.15) is 0 Å². The van der Waals surface area contributed by atoms with Crippen molar-refractivity contribution in [2.24, 2.45) is 0 Å². The number of hydrogen-bond acceptors (Lipinski definition) is 5. The van der Waals surface area contributed by atoms with Crippen LogP contribution >= 0.6 is 0 Å². The first-order valence-corrected chi connectivity index (χ1v) is 7.48. The second-order valence-electron chi connectivity index (χ2n) is 5.65. The van der Waals surface area contributed by atoms with Crippen molar-refractivity contribution in [3.05, 3.63) is 11.4 Å². The van der Waals surface area contributed by atoms with Crippen LogP contribution < -0.4 is 11.1 Å². The van der Waals surface area contributed by atoms with Crippen LogP contribution in [0.1, 0.15) is 42.9 Å². The zero-order valence-electron chi connectivity index (χ0n) is 13.0. The van der Waals surface area contributed by atoms with Gasteiger partial charge < -0.3 is 15.8 Å². The van der Waals surface area contributed by atoms with Crippen LogP contribution in [0.3, 0.4) is 0 Å². The fourth-order valence-electron chi connectivity index (χ4n) is 2.46. The predicted octanol–water partition coefficient (Wildman–Crippen LogP) is 0.566. The van der Waals surface area contributed by atoms with Crippen molar-refractivity contribution in [2.75, 3.05) is 38.5 Å². The van der Waals surface area contributed by atoms with E-state index < -0.39 is 0 Å². The molecule has 1 saturated heterocycles. The van der Waals surface area contributed by atoms with Crippen LogP contribution in [0, 0.1) is 0 Å². The highest BCUT2D eigenvalue weighted by Gasteiger charge is 2.22. The summed E-state index contributed by atoms with van der Waals surface area (Å²) in [6.07, 6.45) is 0.0207. The number of anilines is 1. The lowest BCUT2D eigenvalue weighted by atomic mass is 10.1. The van der Waals surface area contributed by atoms with Crippen LogP contribution in [0.5, 0.6) is 0 Å². The number of carbonyl (C=O) groups excluding carboxylic acids is 1. The second kappa shape index (κ2) is 6.91. The zero-order chi connectivity index (χ0) is 15.4. The van der Waals surface area contributed by atoms with Gasteiger partial charge in [-0.3, -0.25) is 14.8 Å². The maximum atomic E-state index is 12.2. The average Bonchev–Trinajstić information content (AvgIpc) is 2.87. The maximum Gasteiger partial charge on any atom is 0.274 e.